The van der Waals surface area contributed by atoms with E-state index in [1.165, 1.54) is 24.9 Å². The Kier molecular flexibility index (Phi) is 17.1. The molecule has 16 nitrogen and oxygen atoms in total. The molecule has 3 fully saturated rings. The van der Waals surface area contributed by atoms with Crippen LogP contribution < -0.4 is 10.6 Å². The summed E-state index contributed by atoms with van der Waals surface area (Å²) >= 11 is 12.7. The smallest absolute Gasteiger partial charge is 0.411 e. The first-order chi connectivity index (χ1) is 32.5. The van der Waals surface area contributed by atoms with E-state index in [4.69, 9.17) is 65.3 Å². The number of aromatic hydroxyl groups is 1. The first kappa shape index (κ1) is 51.9. The number of hydrogen-bond acceptors (Lipinski definition) is 17. The lowest BCUT2D eigenvalue weighted by molar-refractivity contribution is -0.367. The molecular formula is C48H58N4O12S4. The number of aromatic nitrogens is 2. The summed E-state index contributed by atoms with van der Waals surface area (Å²) < 4.78 is 51.2. The van der Waals surface area contributed by atoms with Crippen molar-refractivity contribution in [2.24, 2.45) is 0 Å². The number of aliphatic hydroxyl groups is 1. The lowest BCUT2D eigenvalue weighted by atomic mass is 9.84. The number of phenols is 1. The number of carbonyl (C=O) groups excluding carboxylic acids is 2. The molecule has 0 spiro atoms. The highest BCUT2D eigenvalue weighted by Crippen LogP contribution is 2.50. The standard InChI is InChI=1S/C48H58N4O12S4/c1-9-10-11-12-13-14-36(39-30(18-20-68(8,65)66)34(54)22-35(55)41(39)52-47(56)58-6)62-46-43(63-38-23-37(57-5)33(24-59-38)50-26(2)3)44-48(67-7,27(4)61-46)25-60-45(64-44)42-40-29(17-19-49-42)31-21-28(53)15-16-32(31)51-40/h11-12,15-19,21,26-27,33-34,36-38,43-46,50-51,53-54H,20,22-25H2,1-8H3,(H,52,56)/b12-11-,30-18-/t27?,33?,34-,36-,37?,38?,43?,44?,45?,46?,48?/m0/s1. The summed E-state index contributed by atoms with van der Waals surface area (Å²) in [5.74, 6) is 11.4. The minimum absolute atomic E-state index is 0.0643. The predicted octanol–water partition coefficient (Wildman–Crippen LogP) is 4.74. The number of methoxy groups -OCH3 is 2. The number of rotatable bonds is 13. The fourth-order valence-corrected chi connectivity index (χ4v) is 10.8. The lowest BCUT2D eigenvalue weighted by Gasteiger charge is -2.56. The number of carbonyl (C=O) groups is 2. The molecule has 9 unspecified atom stereocenters. The second-order valence-corrected chi connectivity index (χ2v) is 25.5. The summed E-state index contributed by atoms with van der Waals surface area (Å²) in [6.45, 7) is 8.07. The van der Waals surface area contributed by atoms with E-state index in [1.807, 2.05) is 19.2 Å². The van der Waals surface area contributed by atoms with E-state index in [0.717, 1.165) is 16.3 Å². The Bertz CT molecular complexity index is 2700. The van der Waals surface area contributed by atoms with Gasteiger partial charge in [-0.15, -0.1) is 5.92 Å². The normalized spacial score (nSPS) is 29.9. The molecule has 7 rings (SSSR count). The van der Waals surface area contributed by atoms with E-state index in [2.05, 4.69) is 53.1 Å². The number of allylic oxidation sites excluding steroid dienone is 3. The monoisotopic (exact) mass is 1010 g/mol. The van der Waals surface area contributed by atoms with Crippen molar-refractivity contribution >= 4 is 75.0 Å². The highest BCUT2D eigenvalue weighted by Gasteiger charge is 2.61. The Morgan fingerprint density at radius 3 is 2.65 bits per heavy atom. The van der Waals surface area contributed by atoms with Crippen LogP contribution in [0.4, 0.5) is 4.79 Å². The number of hydrogen-bond donors (Lipinski definition) is 5. The Hall–Kier alpha value is -3.97. The molecule has 5 N–H and O–H groups in total. The Morgan fingerprint density at radius 1 is 1.16 bits per heavy atom. The number of nitrogens with one attached hydrogen (secondary N) is 3. The second-order valence-electron chi connectivity index (χ2n) is 17.1. The van der Waals surface area contributed by atoms with Crippen molar-refractivity contribution in [1.82, 2.24) is 20.6 Å². The van der Waals surface area contributed by atoms with E-state index < -0.39 is 73.2 Å². The van der Waals surface area contributed by atoms with E-state index in [0.29, 0.717) is 17.6 Å². The number of Topliss-reactive ketones (excluding diaryl/α,β-unsaturated/α-hetero) is 1. The summed E-state index contributed by atoms with van der Waals surface area (Å²) in [4.78, 5) is 35.1. The minimum Gasteiger partial charge on any atom is -0.508 e. The minimum atomic E-state index is -2.00. The molecule has 20 heteroatoms. The number of fused-ring (bicyclic) bond motifs is 4. The van der Waals surface area contributed by atoms with Gasteiger partial charge in [0.15, 0.2) is 18.4 Å². The van der Waals surface area contributed by atoms with Gasteiger partial charge in [-0.2, -0.15) is 11.8 Å². The summed E-state index contributed by atoms with van der Waals surface area (Å²) in [6, 6.07) is 6.98. The summed E-state index contributed by atoms with van der Waals surface area (Å²) in [7, 11) is 0.818. The van der Waals surface area contributed by atoms with Crippen LogP contribution in [0.3, 0.4) is 0 Å². The molecule has 3 saturated heterocycles. The number of benzene rings is 1. The third-order valence-corrected chi connectivity index (χ3v) is 15.2. The Balaban J connectivity index is 1.37. The van der Waals surface area contributed by atoms with Crippen molar-refractivity contribution in [1.29, 1.82) is 0 Å². The molecule has 0 radical (unpaired) electrons. The average molecular weight is 1010 g/mol. The van der Waals surface area contributed by atoms with E-state index in [9.17, 15) is 19.8 Å². The van der Waals surface area contributed by atoms with Crippen LogP contribution in [0.1, 0.15) is 52.5 Å². The van der Waals surface area contributed by atoms with Gasteiger partial charge in [0, 0.05) is 59.8 Å². The predicted molar refractivity (Wildman–Crippen MR) is 266 cm³/mol. The van der Waals surface area contributed by atoms with Crippen molar-refractivity contribution in [3.8, 4) is 29.4 Å². The number of aliphatic hydroxyl groups excluding tert-OH is 1. The largest absolute Gasteiger partial charge is 0.508 e. The number of ketones is 1. The van der Waals surface area contributed by atoms with Gasteiger partial charge in [-0.3, -0.25) is 15.1 Å². The van der Waals surface area contributed by atoms with Gasteiger partial charge in [0.2, 0.25) is 6.29 Å². The van der Waals surface area contributed by atoms with Gasteiger partial charge in [-0.25, -0.2) is 4.79 Å². The van der Waals surface area contributed by atoms with Crippen molar-refractivity contribution in [3.63, 3.8) is 0 Å². The number of pyridine rings is 1. The molecule has 4 aliphatic rings. The fourth-order valence-electron chi connectivity index (χ4n) is 8.93. The Morgan fingerprint density at radius 2 is 1.94 bits per heavy atom. The molecule has 11 atom stereocenters. The van der Waals surface area contributed by atoms with Gasteiger partial charge in [0.1, 0.15) is 29.8 Å². The molecule has 1 amide bonds. The van der Waals surface area contributed by atoms with Gasteiger partial charge < -0.3 is 58.4 Å². The van der Waals surface area contributed by atoms with Crippen LogP contribution in [-0.2, 0) is 72.2 Å². The lowest BCUT2D eigenvalue weighted by Crippen LogP contribution is -2.70. The maximum absolute atomic E-state index is 13.9. The number of aromatic amines is 1. The zero-order valence-electron chi connectivity index (χ0n) is 39.1. The van der Waals surface area contributed by atoms with Crippen LogP contribution in [0.5, 0.6) is 5.75 Å². The highest BCUT2D eigenvalue weighted by molar-refractivity contribution is 8.56. The van der Waals surface area contributed by atoms with Crippen molar-refractivity contribution < 1.29 is 57.7 Å². The first-order valence-corrected chi connectivity index (χ1v) is 27.3. The second kappa shape index (κ2) is 22.4. The molecule has 0 saturated carbocycles. The molecule has 1 aromatic carbocycles. The third-order valence-electron chi connectivity index (χ3n) is 12.2. The van der Waals surface area contributed by atoms with Crippen molar-refractivity contribution in [3.05, 3.63) is 71.2 Å². The molecule has 2 aromatic heterocycles. The van der Waals surface area contributed by atoms with E-state index in [-0.39, 0.29) is 66.2 Å². The summed E-state index contributed by atoms with van der Waals surface area (Å²) in [5.41, 5.74) is 2.03. The SMILES string of the molecule is CC#C/C=C\C#C[C@H](OC1OC(C)C2(SC)COC(c3nccc4c3[nH]c3ccc(O)cc34)OC2C1OC1CC(OC)C(NC(C)C)CO1)C1=C(NC(=O)OC)C(=O)C[C@H](O)/C1=C/CS(C)(=S)=S. The van der Waals surface area contributed by atoms with E-state index in [1.54, 1.807) is 56.8 Å². The molecule has 0 bridgehead atoms. The van der Waals surface area contributed by atoms with Crippen molar-refractivity contribution in [2.45, 2.75) is 113 Å². The Labute approximate surface area is 410 Å². The maximum Gasteiger partial charge on any atom is 0.411 e. The van der Waals surface area contributed by atoms with Crippen LogP contribution in [-0.4, -0.2) is 144 Å². The number of phenolic OH excluding ortho intramolecular Hbond substituents is 1. The average Bonchev–Trinajstić information content (AvgIpc) is 3.67. The number of nitrogens with zero attached hydrogens (tertiary/aromatic N) is 1. The van der Waals surface area contributed by atoms with Crippen LogP contribution >= 0.6 is 11.8 Å². The number of H-pyrrole nitrogens is 1. The van der Waals surface area contributed by atoms with Gasteiger partial charge in [0.05, 0.1) is 60.6 Å². The molecule has 3 aliphatic heterocycles. The highest BCUT2D eigenvalue weighted by atomic mass is 33.1. The molecule has 1 aliphatic carbocycles. The molecular weight excluding hydrogens is 953 g/mol. The number of ether oxygens (including phenoxy) is 8. The van der Waals surface area contributed by atoms with Gasteiger partial charge in [0.25, 0.3) is 0 Å². The summed E-state index contributed by atoms with van der Waals surface area (Å²) in [6.07, 6.45) is 0.338. The number of thioether (sulfide) groups is 1. The van der Waals surface area contributed by atoms with Gasteiger partial charge in [-0.05, 0) is 90.7 Å². The third kappa shape index (κ3) is 11.5. The quantitative estimate of drug-likeness (QED) is 0.147. The maximum atomic E-state index is 13.9. The van der Waals surface area contributed by atoms with E-state index >= 15 is 0 Å². The number of alkyl carbamates (subject to hydrolysis) is 1. The fraction of sp³-hybridized carbons (Fsp3) is 0.521. The van der Waals surface area contributed by atoms with Crippen LogP contribution in [0.15, 0.2) is 65.5 Å². The topological polar surface area (TPSA) is 201 Å². The molecule has 5 heterocycles. The van der Waals surface area contributed by atoms with Crippen LogP contribution in [0, 0.1) is 23.7 Å². The van der Waals surface area contributed by atoms with Crippen LogP contribution in [0.25, 0.3) is 21.8 Å². The zero-order chi connectivity index (χ0) is 48.9. The van der Waals surface area contributed by atoms with Gasteiger partial charge in [-0.1, -0.05) is 44.8 Å². The molecule has 68 heavy (non-hydrogen) atoms. The molecule has 3 aromatic rings. The van der Waals surface area contributed by atoms with Gasteiger partial charge >= 0.3 is 6.09 Å². The zero-order valence-corrected chi connectivity index (χ0v) is 42.3. The molecule has 366 valence electrons. The van der Waals surface area contributed by atoms with Crippen LogP contribution in [0.2, 0.25) is 0 Å². The summed E-state index contributed by atoms with van der Waals surface area (Å²) in [5, 5.41) is 29.7. The first-order valence-electron chi connectivity index (χ1n) is 22.1. The number of amides is 1. The van der Waals surface area contributed by atoms with Crippen molar-refractivity contribution in [2.75, 3.05) is 45.7 Å².